The van der Waals surface area contributed by atoms with Crippen LogP contribution in [0.3, 0.4) is 0 Å². The number of carbonyl (C=O) groups is 2. The largest absolute Gasteiger partial charge is 0.484 e. The Balaban J connectivity index is 2.06. The molecule has 0 fully saturated rings. The summed E-state index contributed by atoms with van der Waals surface area (Å²) < 4.78 is 5.70. The molecule has 5 heteroatoms. The number of ether oxygens (including phenoxy) is 1. The van der Waals surface area contributed by atoms with Gasteiger partial charge in [0.1, 0.15) is 11.8 Å². The fourth-order valence-electron chi connectivity index (χ4n) is 2.83. The van der Waals surface area contributed by atoms with Gasteiger partial charge in [-0.15, -0.1) is 0 Å². The monoisotopic (exact) mass is 368 g/mol. The highest BCUT2D eigenvalue weighted by atomic mass is 16.5. The lowest BCUT2D eigenvalue weighted by Gasteiger charge is -2.28. The average molecular weight is 368 g/mol. The van der Waals surface area contributed by atoms with Crippen LogP contribution in [0.4, 0.5) is 0 Å². The van der Waals surface area contributed by atoms with Crippen molar-refractivity contribution in [1.82, 2.24) is 10.2 Å². The molecule has 0 spiro atoms. The molecule has 27 heavy (non-hydrogen) atoms. The van der Waals surface area contributed by atoms with Gasteiger partial charge in [0, 0.05) is 13.1 Å². The van der Waals surface area contributed by atoms with Crippen molar-refractivity contribution < 1.29 is 14.3 Å². The van der Waals surface area contributed by atoms with Crippen molar-refractivity contribution in [2.45, 2.75) is 33.2 Å². The van der Waals surface area contributed by atoms with Gasteiger partial charge in [-0.1, -0.05) is 48.5 Å². The molecule has 0 heterocycles. The van der Waals surface area contributed by atoms with Crippen molar-refractivity contribution in [2.75, 3.05) is 19.7 Å². The van der Waals surface area contributed by atoms with E-state index >= 15 is 0 Å². The van der Waals surface area contributed by atoms with Crippen molar-refractivity contribution in [3.63, 3.8) is 0 Å². The Labute approximate surface area is 161 Å². The summed E-state index contributed by atoms with van der Waals surface area (Å²) in [5.41, 5.74) is 2.09. The first-order valence-corrected chi connectivity index (χ1v) is 9.32. The topological polar surface area (TPSA) is 58.6 Å². The minimum atomic E-state index is -0.554. The zero-order valence-corrected chi connectivity index (χ0v) is 16.3. The van der Waals surface area contributed by atoms with Crippen LogP contribution in [0.25, 0.3) is 0 Å². The van der Waals surface area contributed by atoms with Crippen LogP contribution in [-0.4, -0.2) is 42.5 Å². The fourth-order valence-corrected chi connectivity index (χ4v) is 2.83. The number of carbonyl (C=O) groups excluding carboxylic acids is 2. The predicted molar refractivity (Wildman–Crippen MR) is 107 cm³/mol. The average Bonchev–Trinajstić information content (AvgIpc) is 2.68. The highest BCUT2D eigenvalue weighted by Crippen LogP contribution is 2.16. The van der Waals surface area contributed by atoms with Crippen molar-refractivity contribution >= 4 is 11.8 Å². The Morgan fingerprint density at radius 1 is 1.07 bits per heavy atom. The van der Waals surface area contributed by atoms with Crippen molar-refractivity contribution in [1.29, 1.82) is 0 Å². The lowest BCUT2D eigenvalue weighted by molar-refractivity contribution is -0.141. The second-order valence-electron chi connectivity index (χ2n) is 6.45. The first kappa shape index (κ1) is 20.5. The Morgan fingerprint density at radius 2 is 1.74 bits per heavy atom. The number of likely N-dealkylation sites (N-methyl/N-ethyl adjacent to an activating group) is 1. The molecule has 0 aliphatic carbocycles. The van der Waals surface area contributed by atoms with E-state index in [2.05, 4.69) is 5.32 Å². The molecule has 2 amide bonds. The molecule has 0 radical (unpaired) electrons. The van der Waals surface area contributed by atoms with Crippen molar-refractivity contribution in [3.8, 4) is 5.75 Å². The number of rotatable bonds is 9. The third-order valence-electron chi connectivity index (χ3n) is 4.45. The van der Waals surface area contributed by atoms with Gasteiger partial charge in [0.15, 0.2) is 6.61 Å². The number of nitrogens with one attached hydrogen (secondary N) is 1. The summed E-state index contributed by atoms with van der Waals surface area (Å²) in [6, 6.07) is 16.9. The van der Waals surface area contributed by atoms with Gasteiger partial charge in [-0.25, -0.2) is 0 Å². The van der Waals surface area contributed by atoms with Crippen LogP contribution >= 0.6 is 0 Å². The summed E-state index contributed by atoms with van der Waals surface area (Å²) >= 11 is 0. The van der Waals surface area contributed by atoms with Gasteiger partial charge in [0.2, 0.25) is 5.91 Å². The molecule has 144 valence electrons. The number of para-hydroxylation sites is 1. The number of hydrogen-bond acceptors (Lipinski definition) is 3. The minimum absolute atomic E-state index is 0.0939. The van der Waals surface area contributed by atoms with E-state index in [-0.39, 0.29) is 18.4 Å². The molecule has 0 aromatic heterocycles. The minimum Gasteiger partial charge on any atom is -0.484 e. The first-order chi connectivity index (χ1) is 13.0. The number of amides is 2. The van der Waals surface area contributed by atoms with Crippen LogP contribution < -0.4 is 10.1 Å². The number of benzene rings is 2. The molecule has 2 aromatic carbocycles. The fraction of sp³-hybridized carbons (Fsp3) is 0.364. The quantitative estimate of drug-likeness (QED) is 0.740. The van der Waals surface area contributed by atoms with E-state index in [4.69, 9.17) is 4.74 Å². The van der Waals surface area contributed by atoms with Gasteiger partial charge in [-0.3, -0.25) is 9.59 Å². The summed E-state index contributed by atoms with van der Waals surface area (Å²) in [4.78, 5) is 26.7. The molecule has 0 aliphatic rings. The third-order valence-corrected chi connectivity index (χ3v) is 4.45. The molecule has 2 rings (SSSR count). The van der Waals surface area contributed by atoms with Crippen LogP contribution in [0.1, 0.15) is 25.0 Å². The SMILES string of the molecule is CCNC(=O)[C@H](C)N(CCc1ccccc1)C(=O)COc1ccccc1C. The van der Waals surface area contributed by atoms with Gasteiger partial charge in [0.05, 0.1) is 0 Å². The maximum Gasteiger partial charge on any atom is 0.261 e. The third kappa shape index (κ3) is 6.13. The highest BCUT2D eigenvalue weighted by molar-refractivity contribution is 5.87. The molecule has 2 aromatic rings. The van der Waals surface area contributed by atoms with Crippen LogP contribution in [0.5, 0.6) is 5.75 Å². The Kier molecular flexibility index (Phi) is 7.86. The molecular weight excluding hydrogens is 340 g/mol. The Hall–Kier alpha value is -2.82. The maximum atomic E-state index is 12.8. The first-order valence-electron chi connectivity index (χ1n) is 9.32. The molecule has 1 N–H and O–H groups in total. The zero-order valence-electron chi connectivity index (χ0n) is 16.3. The predicted octanol–water partition coefficient (Wildman–Crippen LogP) is 2.97. The smallest absolute Gasteiger partial charge is 0.261 e. The number of hydrogen-bond donors (Lipinski definition) is 1. The zero-order chi connectivity index (χ0) is 19.6. The summed E-state index contributed by atoms with van der Waals surface area (Å²) in [5, 5.41) is 2.79. The molecule has 0 aliphatic heterocycles. The van der Waals surface area contributed by atoms with Gasteiger partial charge in [-0.05, 0) is 44.4 Å². The van der Waals surface area contributed by atoms with E-state index in [1.165, 1.54) is 0 Å². The molecular formula is C22H28N2O3. The molecule has 5 nitrogen and oxygen atoms in total. The normalized spacial score (nSPS) is 11.5. The summed E-state index contributed by atoms with van der Waals surface area (Å²) in [6.45, 7) is 6.44. The van der Waals surface area contributed by atoms with Crippen molar-refractivity contribution in [2.24, 2.45) is 0 Å². The molecule has 1 atom stereocenters. The van der Waals surface area contributed by atoms with E-state index in [9.17, 15) is 9.59 Å². The standard InChI is InChI=1S/C22H28N2O3/c1-4-23-22(26)18(3)24(15-14-19-11-6-5-7-12-19)21(25)16-27-20-13-9-8-10-17(20)2/h5-13,18H,4,14-16H2,1-3H3,(H,23,26)/t18-/m0/s1. The number of nitrogens with zero attached hydrogens (tertiary/aromatic N) is 1. The van der Waals surface area contributed by atoms with Crippen LogP contribution in [0.15, 0.2) is 54.6 Å². The lowest BCUT2D eigenvalue weighted by atomic mass is 10.1. The molecule has 0 saturated carbocycles. The van der Waals surface area contributed by atoms with Crippen LogP contribution in [-0.2, 0) is 16.0 Å². The van der Waals surface area contributed by atoms with E-state index in [0.29, 0.717) is 25.3 Å². The second-order valence-corrected chi connectivity index (χ2v) is 6.45. The highest BCUT2D eigenvalue weighted by Gasteiger charge is 2.25. The molecule has 0 bridgehead atoms. The second kappa shape index (κ2) is 10.4. The number of aryl methyl sites for hydroxylation is 1. The van der Waals surface area contributed by atoms with Gasteiger partial charge >= 0.3 is 0 Å². The van der Waals surface area contributed by atoms with Gasteiger partial charge < -0.3 is 15.0 Å². The summed E-state index contributed by atoms with van der Waals surface area (Å²) in [7, 11) is 0. The summed E-state index contributed by atoms with van der Waals surface area (Å²) in [5.74, 6) is 0.322. The molecule has 0 saturated heterocycles. The lowest BCUT2D eigenvalue weighted by Crippen LogP contribution is -2.50. The Morgan fingerprint density at radius 3 is 2.41 bits per heavy atom. The van der Waals surface area contributed by atoms with Crippen LogP contribution in [0, 0.1) is 6.92 Å². The van der Waals surface area contributed by atoms with Gasteiger partial charge in [0.25, 0.3) is 5.91 Å². The molecule has 0 unspecified atom stereocenters. The van der Waals surface area contributed by atoms with E-state index in [0.717, 1.165) is 11.1 Å². The van der Waals surface area contributed by atoms with Crippen molar-refractivity contribution in [3.05, 3.63) is 65.7 Å². The maximum absolute atomic E-state index is 12.8. The van der Waals surface area contributed by atoms with Gasteiger partial charge in [-0.2, -0.15) is 0 Å². The van der Waals surface area contributed by atoms with E-state index in [1.807, 2.05) is 68.4 Å². The summed E-state index contributed by atoms with van der Waals surface area (Å²) in [6.07, 6.45) is 0.681. The van der Waals surface area contributed by atoms with E-state index in [1.54, 1.807) is 11.8 Å². The van der Waals surface area contributed by atoms with E-state index < -0.39 is 6.04 Å². The van der Waals surface area contributed by atoms with Crippen LogP contribution in [0.2, 0.25) is 0 Å². The Bertz CT molecular complexity index is 746.